The Morgan fingerprint density at radius 3 is 2.12 bits per heavy atom. The number of aryl methyl sites for hydroxylation is 2. The van der Waals surface area contributed by atoms with Crippen LogP contribution in [0.4, 0.5) is 0 Å². The van der Waals surface area contributed by atoms with Gasteiger partial charge in [0.2, 0.25) is 5.69 Å². The Labute approximate surface area is 162 Å². The van der Waals surface area contributed by atoms with Crippen molar-refractivity contribution in [3.05, 3.63) is 47.2 Å². The minimum Gasteiger partial charge on any atom is -0.201 e. The van der Waals surface area contributed by atoms with Crippen LogP contribution in [-0.2, 0) is 18.9 Å². The van der Waals surface area contributed by atoms with Crippen LogP contribution in [0.3, 0.4) is 0 Å². The summed E-state index contributed by atoms with van der Waals surface area (Å²) in [5, 5.41) is 1.60. The Kier molecular flexibility index (Phi) is 5.87. The fourth-order valence-electron chi connectivity index (χ4n) is 3.66. The van der Waals surface area contributed by atoms with Crippen LogP contribution in [-0.4, -0.2) is 8.07 Å². The first-order valence-corrected chi connectivity index (χ1v) is 13.4. The smallest absolute Gasteiger partial charge is 0.201 e. The molecule has 0 saturated carbocycles. The van der Waals surface area contributed by atoms with Crippen LogP contribution in [0.2, 0.25) is 19.6 Å². The van der Waals surface area contributed by atoms with Gasteiger partial charge >= 0.3 is 0 Å². The van der Waals surface area contributed by atoms with Gasteiger partial charge in [-0.3, -0.25) is 0 Å². The number of aromatic nitrogens is 1. The molecule has 0 saturated heterocycles. The second-order valence-electron chi connectivity index (χ2n) is 10.3. The van der Waals surface area contributed by atoms with Gasteiger partial charge in [-0.15, -0.1) is 0 Å². The number of pyridine rings is 1. The summed E-state index contributed by atoms with van der Waals surface area (Å²) in [5.74, 6) is 0.676. The Bertz CT molecular complexity index is 789. The van der Waals surface area contributed by atoms with E-state index in [9.17, 15) is 0 Å². The van der Waals surface area contributed by atoms with E-state index in [1.165, 1.54) is 22.4 Å². The van der Waals surface area contributed by atoms with Gasteiger partial charge < -0.3 is 0 Å². The van der Waals surface area contributed by atoms with Crippen LogP contribution in [0, 0.1) is 12.8 Å². The van der Waals surface area contributed by atoms with Gasteiger partial charge in [0.15, 0.2) is 6.20 Å². The Morgan fingerprint density at radius 2 is 1.65 bits per heavy atom. The third-order valence-electron chi connectivity index (χ3n) is 5.16. The van der Waals surface area contributed by atoms with Crippen LogP contribution < -0.4 is 9.75 Å². The maximum Gasteiger partial charge on any atom is 0.212 e. The monoisotopic (exact) mass is 368 g/mol. The van der Waals surface area contributed by atoms with Crippen LogP contribution in [0.1, 0.15) is 51.3 Å². The van der Waals surface area contributed by atoms with E-state index < -0.39 is 8.07 Å². The Balaban J connectivity index is 2.64. The highest BCUT2D eigenvalue weighted by molar-refractivity contribution is 6.88. The average Bonchev–Trinajstić information content (AvgIpc) is 2.46. The molecule has 142 valence electrons. The quantitative estimate of drug-likeness (QED) is 0.493. The molecule has 1 heterocycles. The molecule has 2 rings (SSSR count). The molecule has 0 aliphatic heterocycles. The molecular weight excluding hydrogens is 330 g/mol. The van der Waals surface area contributed by atoms with Crippen molar-refractivity contribution in [2.45, 2.75) is 73.0 Å². The molecule has 2 heteroatoms. The minimum absolute atomic E-state index is 0.190. The maximum absolute atomic E-state index is 2.46. The molecule has 0 aliphatic rings. The zero-order chi connectivity index (χ0) is 19.9. The number of rotatable bonds is 4. The Hall–Kier alpha value is -1.41. The lowest BCUT2D eigenvalue weighted by molar-refractivity contribution is -0.659. The molecule has 0 N–H and O–H groups in total. The van der Waals surface area contributed by atoms with Gasteiger partial charge in [-0.05, 0) is 47.4 Å². The molecule has 2 aromatic rings. The summed E-state index contributed by atoms with van der Waals surface area (Å²) in [6, 6.07) is 9.45. The standard InChI is InChI=1S/C24H38NSi/c1-17(2)13-19-15-22(25(7)16-23(19)26(8,9)10)21-12-11-20(14-18(21)3)24(4,5)6/h11-12,14-17H,13H2,1-10H3/q+1. The third-order valence-corrected chi connectivity index (χ3v) is 7.23. The minimum atomic E-state index is -1.37. The molecule has 0 fully saturated rings. The summed E-state index contributed by atoms with van der Waals surface area (Å²) in [6.45, 7) is 21.1. The van der Waals surface area contributed by atoms with Crippen molar-refractivity contribution in [2.75, 3.05) is 0 Å². The van der Waals surface area contributed by atoms with Crippen molar-refractivity contribution in [3.63, 3.8) is 0 Å². The van der Waals surface area contributed by atoms with E-state index in [1.807, 2.05) is 0 Å². The van der Waals surface area contributed by atoms with Crippen molar-refractivity contribution in [2.24, 2.45) is 13.0 Å². The SMILES string of the molecule is Cc1cc(C(C)(C)C)ccc1-c1cc(CC(C)C)c([Si](C)(C)C)c[n+]1C. The topological polar surface area (TPSA) is 3.88 Å². The van der Waals surface area contributed by atoms with E-state index >= 15 is 0 Å². The third kappa shape index (κ3) is 4.65. The number of hydrogen-bond donors (Lipinski definition) is 0. The molecule has 1 nitrogen and oxygen atoms in total. The summed E-state index contributed by atoms with van der Waals surface area (Å²) in [6.07, 6.45) is 3.57. The molecule has 0 spiro atoms. The first-order valence-electron chi connectivity index (χ1n) is 9.95. The first-order chi connectivity index (χ1) is 11.8. The Morgan fingerprint density at radius 1 is 1.04 bits per heavy atom. The molecule has 0 amide bonds. The summed E-state index contributed by atoms with van der Waals surface area (Å²) >= 11 is 0. The molecule has 1 aromatic heterocycles. The normalized spacial score (nSPS) is 12.7. The predicted molar refractivity (Wildman–Crippen MR) is 118 cm³/mol. The van der Waals surface area contributed by atoms with Gasteiger partial charge in [0.05, 0.1) is 8.07 Å². The van der Waals surface area contributed by atoms with E-state index in [1.54, 1.807) is 10.8 Å². The second kappa shape index (κ2) is 7.30. The zero-order valence-corrected chi connectivity index (χ0v) is 19.6. The fourth-order valence-corrected chi connectivity index (χ4v) is 5.38. The van der Waals surface area contributed by atoms with Crippen LogP contribution in [0.5, 0.6) is 0 Å². The van der Waals surface area contributed by atoms with Crippen LogP contribution in [0.15, 0.2) is 30.5 Å². The molecule has 0 unspecified atom stereocenters. The van der Waals surface area contributed by atoms with E-state index in [-0.39, 0.29) is 5.41 Å². The highest BCUT2D eigenvalue weighted by Gasteiger charge is 2.27. The number of nitrogens with zero attached hydrogens (tertiary/aromatic N) is 1. The van der Waals surface area contributed by atoms with Crippen molar-refractivity contribution in [3.8, 4) is 11.3 Å². The van der Waals surface area contributed by atoms with Gasteiger partial charge in [0, 0.05) is 16.8 Å². The van der Waals surface area contributed by atoms with Crippen LogP contribution in [0.25, 0.3) is 11.3 Å². The van der Waals surface area contributed by atoms with E-state index in [0.717, 1.165) is 6.42 Å². The summed E-state index contributed by atoms with van der Waals surface area (Å²) in [4.78, 5) is 0. The highest BCUT2D eigenvalue weighted by atomic mass is 28.3. The lowest BCUT2D eigenvalue weighted by atomic mass is 9.85. The molecule has 1 aromatic carbocycles. The van der Waals surface area contributed by atoms with E-state index in [2.05, 4.69) is 103 Å². The van der Waals surface area contributed by atoms with E-state index in [0.29, 0.717) is 5.92 Å². The summed E-state index contributed by atoms with van der Waals surface area (Å²) in [5.41, 5.74) is 7.20. The molecule has 0 aliphatic carbocycles. The average molecular weight is 369 g/mol. The zero-order valence-electron chi connectivity index (χ0n) is 18.6. The predicted octanol–water partition coefficient (Wildman–Crippen LogP) is 5.53. The molecule has 0 radical (unpaired) electrons. The summed E-state index contributed by atoms with van der Waals surface area (Å²) in [7, 11) is 0.835. The van der Waals surface area contributed by atoms with Crippen molar-refractivity contribution in [1.29, 1.82) is 0 Å². The largest absolute Gasteiger partial charge is 0.212 e. The van der Waals surface area contributed by atoms with Gasteiger partial charge in [0.25, 0.3) is 0 Å². The van der Waals surface area contributed by atoms with Crippen LogP contribution >= 0.6 is 0 Å². The molecule has 0 bridgehead atoms. The van der Waals surface area contributed by atoms with Gasteiger partial charge in [0.1, 0.15) is 7.05 Å². The second-order valence-corrected chi connectivity index (χ2v) is 15.4. The highest BCUT2D eigenvalue weighted by Crippen LogP contribution is 2.28. The van der Waals surface area contributed by atoms with Crippen molar-refractivity contribution >= 4 is 13.3 Å². The number of hydrogen-bond acceptors (Lipinski definition) is 0. The van der Waals surface area contributed by atoms with Gasteiger partial charge in [-0.25, -0.2) is 4.57 Å². The van der Waals surface area contributed by atoms with Gasteiger partial charge in [-0.1, -0.05) is 66.4 Å². The number of benzene rings is 1. The molecule has 0 atom stereocenters. The lowest BCUT2D eigenvalue weighted by Crippen LogP contribution is -2.47. The maximum atomic E-state index is 2.46. The lowest BCUT2D eigenvalue weighted by Gasteiger charge is -2.22. The van der Waals surface area contributed by atoms with E-state index in [4.69, 9.17) is 0 Å². The first kappa shape index (κ1) is 20.9. The van der Waals surface area contributed by atoms with Crippen molar-refractivity contribution < 1.29 is 4.57 Å². The molecule has 26 heavy (non-hydrogen) atoms. The fraction of sp³-hybridized carbons (Fsp3) is 0.542. The summed E-state index contributed by atoms with van der Waals surface area (Å²) < 4.78 is 2.34. The van der Waals surface area contributed by atoms with Gasteiger partial charge in [-0.2, -0.15) is 0 Å². The van der Waals surface area contributed by atoms with Crippen molar-refractivity contribution in [1.82, 2.24) is 0 Å². The molecular formula is C24H38NSi+.